The van der Waals surface area contributed by atoms with E-state index in [2.05, 4.69) is 17.4 Å². The van der Waals surface area contributed by atoms with Crippen LogP contribution in [-0.2, 0) is 10.8 Å². The molecule has 1 unspecified atom stereocenters. The Balaban J connectivity index is 0. The fourth-order valence-electron chi connectivity index (χ4n) is 0.137. The molecule has 0 saturated carbocycles. The SMILES string of the molecule is C.C=C=NCS(C)=O. The number of nitrogens with zero attached hydrogens (tertiary/aromatic N) is 1. The molecule has 0 heterocycles. The van der Waals surface area contributed by atoms with Crippen molar-refractivity contribution in [1.29, 1.82) is 0 Å². The van der Waals surface area contributed by atoms with Crippen molar-refractivity contribution in [2.24, 2.45) is 4.99 Å². The maximum absolute atomic E-state index is 10.2. The molecule has 0 spiro atoms. The molecule has 1 atom stereocenters. The molecule has 0 bridgehead atoms. The average molecular weight is 133 g/mol. The highest BCUT2D eigenvalue weighted by Gasteiger charge is 1.79. The lowest BCUT2D eigenvalue weighted by molar-refractivity contribution is 0.687. The summed E-state index contributed by atoms with van der Waals surface area (Å²) in [5.41, 5.74) is 0. The van der Waals surface area contributed by atoms with Crippen molar-refractivity contribution in [2.75, 3.05) is 12.1 Å². The molecule has 0 aromatic rings. The third kappa shape index (κ3) is 9.14. The molecule has 0 N–H and O–H groups in total. The standard InChI is InChI=1S/C4H7NOS.CH4/c1-3-5-4-7(2)6;/h1,4H2,2H3;1H4. The average Bonchev–Trinajstić information content (AvgIpc) is 1.61. The molecule has 0 aliphatic heterocycles. The van der Waals surface area contributed by atoms with Crippen LogP contribution in [0.5, 0.6) is 0 Å². The largest absolute Gasteiger partial charge is 0.258 e. The van der Waals surface area contributed by atoms with E-state index in [0.717, 1.165) is 0 Å². The Hall–Kier alpha value is -0.400. The van der Waals surface area contributed by atoms with Crippen LogP contribution in [0.25, 0.3) is 0 Å². The van der Waals surface area contributed by atoms with Gasteiger partial charge in [-0.3, -0.25) is 4.21 Å². The smallest absolute Gasteiger partial charge is 0.123 e. The normalized spacial score (nSPS) is 10.6. The van der Waals surface area contributed by atoms with Gasteiger partial charge in [0.15, 0.2) is 0 Å². The van der Waals surface area contributed by atoms with Crippen molar-refractivity contribution in [3.8, 4) is 0 Å². The lowest BCUT2D eigenvalue weighted by atomic mass is 11.1. The minimum atomic E-state index is -0.835. The Bertz CT molecular complexity index is 116. The van der Waals surface area contributed by atoms with Gasteiger partial charge in [0.05, 0.1) is 0 Å². The summed E-state index contributed by atoms with van der Waals surface area (Å²) in [5, 5.41) is 0. The van der Waals surface area contributed by atoms with Gasteiger partial charge in [-0.15, -0.1) is 0 Å². The van der Waals surface area contributed by atoms with E-state index in [1.54, 1.807) is 6.26 Å². The van der Waals surface area contributed by atoms with Crippen molar-refractivity contribution in [3.05, 3.63) is 6.58 Å². The highest BCUT2D eigenvalue weighted by molar-refractivity contribution is 7.84. The molecule has 0 rings (SSSR count). The zero-order valence-corrected chi connectivity index (χ0v) is 4.99. The number of hydrogen-bond acceptors (Lipinski definition) is 2. The zero-order valence-electron chi connectivity index (χ0n) is 4.18. The molecule has 8 heavy (non-hydrogen) atoms. The Morgan fingerprint density at radius 1 is 1.88 bits per heavy atom. The van der Waals surface area contributed by atoms with Gasteiger partial charge in [-0.25, -0.2) is 4.99 Å². The van der Waals surface area contributed by atoms with Crippen LogP contribution in [0, 0.1) is 0 Å². The van der Waals surface area contributed by atoms with Crippen molar-refractivity contribution in [2.45, 2.75) is 7.43 Å². The molecule has 0 radical (unpaired) electrons. The Morgan fingerprint density at radius 3 is 2.50 bits per heavy atom. The summed E-state index contributed by atoms with van der Waals surface area (Å²) in [6.07, 6.45) is 1.58. The molecule has 48 valence electrons. The fraction of sp³-hybridized carbons (Fsp3) is 0.600. The molecule has 0 aromatic carbocycles. The second-order valence-electron chi connectivity index (χ2n) is 1.02. The van der Waals surface area contributed by atoms with Crippen molar-refractivity contribution in [1.82, 2.24) is 0 Å². The van der Waals surface area contributed by atoms with E-state index in [9.17, 15) is 4.21 Å². The minimum Gasteiger partial charge on any atom is -0.258 e. The van der Waals surface area contributed by atoms with Crippen LogP contribution in [0.15, 0.2) is 11.6 Å². The topological polar surface area (TPSA) is 29.4 Å². The third-order valence-electron chi connectivity index (χ3n) is 0.358. The monoisotopic (exact) mass is 133 g/mol. The lowest BCUT2D eigenvalue weighted by Crippen LogP contribution is -1.87. The van der Waals surface area contributed by atoms with E-state index < -0.39 is 10.8 Å². The van der Waals surface area contributed by atoms with Gasteiger partial charge < -0.3 is 0 Å². The van der Waals surface area contributed by atoms with Gasteiger partial charge in [0, 0.05) is 17.1 Å². The summed E-state index contributed by atoms with van der Waals surface area (Å²) in [7, 11) is -0.835. The molecule has 0 aliphatic carbocycles. The van der Waals surface area contributed by atoms with Crippen LogP contribution in [0.2, 0.25) is 0 Å². The predicted molar refractivity (Wildman–Crippen MR) is 38.7 cm³/mol. The zero-order chi connectivity index (χ0) is 5.70. The number of hydrogen-bond donors (Lipinski definition) is 0. The molecule has 0 fully saturated rings. The highest BCUT2D eigenvalue weighted by atomic mass is 32.2. The summed E-state index contributed by atoms with van der Waals surface area (Å²) in [4.78, 5) is 3.51. The maximum atomic E-state index is 10.2. The fourth-order valence-corrected chi connectivity index (χ4v) is 0.410. The first-order valence-electron chi connectivity index (χ1n) is 1.76. The second kappa shape index (κ2) is 6.60. The van der Waals surface area contributed by atoms with Gasteiger partial charge in [0.1, 0.15) is 5.88 Å². The van der Waals surface area contributed by atoms with Crippen LogP contribution in [0.4, 0.5) is 0 Å². The number of aliphatic imine (C=N–C) groups is 1. The first-order valence-corrected chi connectivity index (χ1v) is 3.48. The predicted octanol–water partition coefficient (Wildman–Crippen LogP) is 0.814. The van der Waals surface area contributed by atoms with E-state index in [1.807, 2.05) is 0 Å². The summed E-state index contributed by atoms with van der Waals surface area (Å²) in [6, 6.07) is 0. The third-order valence-corrected chi connectivity index (χ3v) is 0.851. The molecule has 0 amide bonds. The molecule has 0 saturated heterocycles. The van der Waals surface area contributed by atoms with Gasteiger partial charge >= 0.3 is 0 Å². The minimum absolute atomic E-state index is 0. The molecule has 0 aromatic heterocycles. The molecular formula is C5H11NOS. The van der Waals surface area contributed by atoms with Gasteiger partial charge in [-0.05, 0) is 12.4 Å². The molecular weight excluding hydrogens is 122 g/mol. The van der Waals surface area contributed by atoms with E-state index in [4.69, 9.17) is 0 Å². The van der Waals surface area contributed by atoms with Crippen LogP contribution in [0.3, 0.4) is 0 Å². The van der Waals surface area contributed by atoms with Crippen LogP contribution in [-0.4, -0.2) is 22.2 Å². The summed E-state index contributed by atoms with van der Waals surface area (Å²) < 4.78 is 10.2. The maximum Gasteiger partial charge on any atom is 0.123 e. The van der Waals surface area contributed by atoms with Gasteiger partial charge in [-0.1, -0.05) is 7.43 Å². The first-order chi connectivity index (χ1) is 3.27. The van der Waals surface area contributed by atoms with E-state index in [-0.39, 0.29) is 7.43 Å². The number of rotatable bonds is 2. The summed E-state index contributed by atoms with van der Waals surface area (Å²) in [5.74, 6) is 2.60. The van der Waals surface area contributed by atoms with Crippen LogP contribution < -0.4 is 0 Å². The van der Waals surface area contributed by atoms with Gasteiger partial charge in [-0.2, -0.15) is 0 Å². The Labute approximate surface area is 52.8 Å². The highest BCUT2D eigenvalue weighted by Crippen LogP contribution is 1.70. The first kappa shape index (κ1) is 10.6. The quantitative estimate of drug-likeness (QED) is 0.513. The Kier molecular flexibility index (Phi) is 8.71. The van der Waals surface area contributed by atoms with Crippen LogP contribution >= 0.6 is 0 Å². The lowest BCUT2D eigenvalue weighted by Gasteiger charge is -1.78. The molecule has 0 aliphatic rings. The van der Waals surface area contributed by atoms with E-state index >= 15 is 0 Å². The van der Waals surface area contributed by atoms with Crippen molar-refractivity contribution >= 4 is 16.7 Å². The summed E-state index contributed by atoms with van der Waals surface area (Å²) >= 11 is 0. The molecule has 3 heteroatoms. The second-order valence-corrected chi connectivity index (χ2v) is 2.42. The van der Waals surface area contributed by atoms with E-state index in [1.165, 1.54) is 0 Å². The van der Waals surface area contributed by atoms with Crippen molar-refractivity contribution in [3.63, 3.8) is 0 Å². The van der Waals surface area contributed by atoms with Gasteiger partial charge in [0.2, 0.25) is 0 Å². The Morgan fingerprint density at radius 2 is 2.38 bits per heavy atom. The van der Waals surface area contributed by atoms with Crippen molar-refractivity contribution < 1.29 is 4.21 Å². The summed E-state index contributed by atoms with van der Waals surface area (Å²) in [6.45, 7) is 3.21. The molecule has 2 nitrogen and oxygen atoms in total. The van der Waals surface area contributed by atoms with Crippen LogP contribution in [0.1, 0.15) is 7.43 Å². The van der Waals surface area contributed by atoms with E-state index in [0.29, 0.717) is 5.88 Å². The van der Waals surface area contributed by atoms with Gasteiger partial charge in [0.25, 0.3) is 0 Å².